The van der Waals surface area contributed by atoms with E-state index >= 15 is 0 Å². The number of hydrogen-bond donors (Lipinski definition) is 2. The van der Waals surface area contributed by atoms with Crippen molar-refractivity contribution in [2.45, 2.75) is 4.90 Å². The summed E-state index contributed by atoms with van der Waals surface area (Å²) in [6.07, 6.45) is 1.20. The molecule has 0 saturated carbocycles. The van der Waals surface area contributed by atoms with Crippen LogP contribution < -0.4 is 19.9 Å². The van der Waals surface area contributed by atoms with E-state index in [1.165, 1.54) is 25.3 Å². The third kappa shape index (κ3) is 5.24. The molecule has 0 aliphatic carbocycles. The third-order valence-corrected chi connectivity index (χ3v) is 5.31. The van der Waals surface area contributed by atoms with Crippen LogP contribution in [0.3, 0.4) is 0 Å². The van der Waals surface area contributed by atoms with E-state index in [-0.39, 0.29) is 32.1 Å². The molecular weight excluding hydrogens is 470 g/mol. The van der Waals surface area contributed by atoms with Crippen LogP contribution in [0.15, 0.2) is 51.3 Å². The van der Waals surface area contributed by atoms with Gasteiger partial charge in [-0.15, -0.1) is 0 Å². The van der Waals surface area contributed by atoms with Crippen LogP contribution >= 0.6 is 15.9 Å². The molecule has 2 aromatic rings. The Morgan fingerprint density at radius 1 is 1.34 bits per heavy atom. The molecule has 0 unspecified atom stereocenters. The Balaban J connectivity index is 2.44. The average Bonchev–Trinajstić information content (AvgIpc) is 2.67. The van der Waals surface area contributed by atoms with Gasteiger partial charge in [-0.2, -0.15) is 13.7 Å². The first-order chi connectivity index (χ1) is 13.6. The van der Waals surface area contributed by atoms with Gasteiger partial charge in [0.2, 0.25) is 0 Å². The van der Waals surface area contributed by atoms with Crippen molar-refractivity contribution in [2.24, 2.45) is 5.73 Å². The van der Waals surface area contributed by atoms with E-state index in [9.17, 15) is 18.4 Å². The lowest BCUT2D eigenvalue weighted by molar-refractivity contribution is -0.114. The summed E-state index contributed by atoms with van der Waals surface area (Å²) >= 11 is 3.16. The predicted molar refractivity (Wildman–Crippen MR) is 105 cm³/mol. The molecule has 3 N–H and O–H groups in total. The van der Waals surface area contributed by atoms with Gasteiger partial charge in [0.15, 0.2) is 11.5 Å². The molecule has 0 radical (unpaired) electrons. The molecule has 2 rings (SSSR count). The van der Waals surface area contributed by atoms with Crippen LogP contribution in [0.2, 0.25) is 0 Å². The van der Waals surface area contributed by atoms with Crippen LogP contribution in [0, 0.1) is 16.5 Å². The lowest BCUT2D eigenvalue weighted by atomic mass is 10.1. The highest BCUT2D eigenvalue weighted by Crippen LogP contribution is 2.39. The summed E-state index contributed by atoms with van der Waals surface area (Å²) in [6.45, 7) is 0. The minimum atomic E-state index is -4.32. The Morgan fingerprint density at radius 2 is 1.97 bits per heavy atom. The number of carbonyl (C=O) groups excluding carboxylic acids is 1. The second-order valence-electron chi connectivity index (χ2n) is 5.37. The molecule has 0 spiro atoms. The van der Waals surface area contributed by atoms with Crippen molar-refractivity contribution in [1.82, 2.24) is 0 Å². The smallest absolute Gasteiger partial charge is 0.339 e. The van der Waals surface area contributed by atoms with Gasteiger partial charge in [-0.25, -0.2) is 0 Å². The number of carbonyl (C=O) groups is 1. The van der Waals surface area contributed by atoms with E-state index in [4.69, 9.17) is 25.1 Å². The summed E-state index contributed by atoms with van der Waals surface area (Å²) in [5.41, 5.74) is 4.95. The Kier molecular flexibility index (Phi) is 6.83. The molecule has 0 aliphatic rings. The van der Waals surface area contributed by atoms with Gasteiger partial charge in [-0.1, -0.05) is 0 Å². The minimum Gasteiger partial charge on any atom is -0.733 e. The summed E-state index contributed by atoms with van der Waals surface area (Å²) in [5.74, 6) is -1.11. The predicted octanol–water partition coefficient (Wildman–Crippen LogP) is 2.31. The first-order valence-electron chi connectivity index (χ1n) is 7.59. The van der Waals surface area contributed by atoms with E-state index in [1.807, 2.05) is 0 Å². The zero-order valence-corrected chi connectivity index (χ0v) is 17.1. The maximum Gasteiger partial charge on any atom is 0.339 e. The SMILES string of the molecule is COc1cc(C=C(C#N)C(N)=O)cc(Br)c1OS(=O)(=O)c1ccc(N([O-])O)cc1. The van der Waals surface area contributed by atoms with Crippen molar-refractivity contribution in [3.63, 3.8) is 0 Å². The van der Waals surface area contributed by atoms with Crippen LogP contribution in [-0.4, -0.2) is 26.6 Å². The minimum absolute atomic E-state index is 0.00586. The highest BCUT2D eigenvalue weighted by Gasteiger charge is 2.22. The number of methoxy groups -OCH3 is 1. The number of nitrogens with zero attached hydrogens (tertiary/aromatic N) is 2. The van der Waals surface area contributed by atoms with Gasteiger partial charge in [0.05, 0.1) is 17.3 Å². The van der Waals surface area contributed by atoms with Gasteiger partial charge in [0.25, 0.3) is 5.91 Å². The molecule has 0 bridgehead atoms. The monoisotopic (exact) mass is 482 g/mol. The number of halogens is 1. The molecule has 152 valence electrons. The molecule has 1 amide bonds. The lowest BCUT2D eigenvalue weighted by Crippen LogP contribution is -2.13. The van der Waals surface area contributed by atoms with Gasteiger partial charge < -0.3 is 25.1 Å². The van der Waals surface area contributed by atoms with Crippen LogP contribution in [0.5, 0.6) is 11.5 Å². The fourth-order valence-corrected chi connectivity index (χ4v) is 3.73. The fraction of sp³-hybridized carbons (Fsp3) is 0.0588. The van der Waals surface area contributed by atoms with Crippen molar-refractivity contribution >= 4 is 43.7 Å². The number of primary amides is 1. The van der Waals surface area contributed by atoms with E-state index in [0.717, 1.165) is 24.3 Å². The Bertz CT molecular complexity index is 1110. The van der Waals surface area contributed by atoms with Crippen LogP contribution in [0.1, 0.15) is 5.56 Å². The number of rotatable bonds is 7. The summed E-state index contributed by atoms with van der Waals surface area (Å²) in [6, 6.07) is 8.75. The normalized spacial score (nSPS) is 11.5. The van der Waals surface area contributed by atoms with Gasteiger partial charge in [-0.3, -0.25) is 10.0 Å². The number of hydrogen-bond acceptors (Lipinski definition) is 9. The molecule has 0 aromatic heterocycles. The molecule has 0 heterocycles. The molecule has 10 nitrogen and oxygen atoms in total. The maximum atomic E-state index is 12.5. The molecule has 2 aromatic carbocycles. The molecule has 0 fully saturated rings. The molecule has 0 atom stereocenters. The van der Waals surface area contributed by atoms with E-state index in [2.05, 4.69) is 15.9 Å². The quantitative estimate of drug-likeness (QED) is 0.260. The Labute approximate surface area is 174 Å². The highest BCUT2D eigenvalue weighted by molar-refractivity contribution is 9.10. The summed E-state index contributed by atoms with van der Waals surface area (Å²) in [4.78, 5) is 10.9. The second kappa shape index (κ2) is 8.93. The second-order valence-corrected chi connectivity index (χ2v) is 7.77. The van der Waals surface area contributed by atoms with Crippen molar-refractivity contribution < 1.29 is 27.3 Å². The lowest BCUT2D eigenvalue weighted by Gasteiger charge is -2.21. The van der Waals surface area contributed by atoms with Crippen molar-refractivity contribution in [3.8, 4) is 17.6 Å². The van der Waals surface area contributed by atoms with Gasteiger partial charge in [0.1, 0.15) is 16.5 Å². The van der Waals surface area contributed by atoms with Crippen molar-refractivity contribution in [1.29, 1.82) is 5.26 Å². The first-order valence-corrected chi connectivity index (χ1v) is 9.79. The van der Waals surface area contributed by atoms with Crippen molar-refractivity contribution in [3.05, 3.63) is 57.2 Å². The standard InChI is InChI=1S/C17H13BrN3O7S/c1-27-15-8-10(6-11(9-19)17(20)22)7-14(18)16(15)28-29(25,26)13-4-2-12(3-5-13)21(23)24/h2-8,23H,1H3,(H2,20,22)/q-1. The number of amides is 1. The van der Waals surface area contributed by atoms with Crippen LogP contribution in [0.4, 0.5) is 5.69 Å². The number of anilines is 1. The van der Waals surface area contributed by atoms with Crippen LogP contribution in [0.25, 0.3) is 6.08 Å². The van der Waals surface area contributed by atoms with E-state index in [1.54, 1.807) is 6.07 Å². The molecule has 29 heavy (non-hydrogen) atoms. The average molecular weight is 483 g/mol. The molecule has 0 aliphatic heterocycles. The Hall–Kier alpha value is -3.11. The first kappa shape index (κ1) is 22.2. The largest absolute Gasteiger partial charge is 0.733 e. The zero-order valence-electron chi connectivity index (χ0n) is 14.7. The molecule has 0 saturated heterocycles. The topological polar surface area (TPSA) is 166 Å². The van der Waals surface area contributed by atoms with Gasteiger partial charge in [-0.05, 0) is 64.0 Å². The number of nitrogens with two attached hydrogens (primary N) is 1. The number of ether oxygens (including phenoxy) is 1. The fourth-order valence-electron chi connectivity index (χ4n) is 2.13. The van der Waals surface area contributed by atoms with Crippen molar-refractivity contribution in [2.75, 3.05) is 12.3 Å². The zero-order chi connectivity index (χ0) is 21.8. The molecule has 12 heteroatoms. The van der Waals surface area contributed by atoms with E-state index in [0.29, 0.717) is 5.56 Å². The van der Waals surface area contributed by atoms with E-state index < -0.39 is 21.3 Å². The third-order valence-electron chi connectivity index (χ3n) is 3.49. The van der Waals surface area contributed by atoms with Gasteiger partial charge >= 0.3 is 10.1 Å². The summed E-state index contributed by atoms with van der Waals surface area (Å²) in [7, 11) is -3.05. The molecular formula is C17H13BrN3O7S-. The Morgan fingerprint density at radius 3 is 2.45 bits per heavy atom. The van der Waals surface area contributed by atoms with Gasteiger partial charge in [0, 0.05) is 0 Å². The number of benzene rings is 2. The number of nitriles is 1. The highest BCUT2D eigenvalue weighted by atomic mass is 79.9. The summed E-state index contributed by atoms with van der Waals surface area (Å²) < 4.78 is 35.5. The maximum absolute atomic E-state index is 12.5. The van der Waals surface area contributed by atoms with Crippen LogP contribution in [-0.2, 0) is 14.9 Å². The summed E-state index contributed by atoms with van der Waals surface area (Å²) in [5, 5.41) is 28.2.